The SMILES string of the molecule is COC(C)c1ccc(F)c(C(F)(F)F)c1. The zero-order chi connectivity index (χ0) is 11.6. The number of alkyl halides is 3. The van der Waals surface area contributed by atoms with E-state index in [0.29, 0.717) is 5.56 Å². The van der Waals surface area contributed by atoms with Crippen LogP contribution in [-0.2, 0) is 10.9 Å². The average molecular weight is 222 g/mol. The van der Waals surface area contributed by atoms with Gasteiger partial charge in [0.05, 0.1) is 11.7 Å². The minimum absolute atomic E-state index is 0.297. The molecule has 0 N–H and O–H groups in total. The second kappa shape index (κ2) is 4.18. The molecule has 15 heavy (non-hydrogen) atoms. The summed E-state index contributed by atoms with van der Waals surface area (Å²) in [4.78, 5) is 0. The number of halogens is 4. The average Bonchev–Trinajstić information content (AvgIpc) is 2.15. The predicted molar refractivity (Wildman–Crippen MR) is 46.8 cm³/mol. The second-order valence-electron chi connectivity index (χ2n) is 3.11. The van der Waals surface area contributed by atoms with Gasteiger partial charge in [0.2, 0.25) is 0 Å². The highest BCUT2D eigenvalue weighted by Gasteiger charge is 2.34. The van der Waals surface area contributed by atoms with Crippen LogP contribution in [0.15, 0.2) is 18.2 Å². The highest BCUT2D eigenvalue weighted by molar-refractivity contribution is 5.28. The van der Waals surface area contributed by atoms with Crippen molar-refractivity contribution < 1.29 is 22.3 Å². The van der Waals surface area contributed by atoms with E-state index in [1.54, 1.807) is 6.92 Å². The maximum atomic E-state index is 12.9. The zero-order valence-electron chi connectivity index (χ0n) is 8.23. The first-order valence-corrected chi connectivity index (χ1v) is 4.25. The lowest BCUT2D eigenvalue weighted by molar-refractivity contribution is -0.140. The van der Waals surface area contributed by atoms with Crippen molar-refractivity contribution in [2.75, 3.05) is 7.11 Å². The van der Waals surface area contributed by atoms with Gasteiger partial charge in [0.25, 0.3) is 0 Å². The topological polar surface area (TPSA) is 9.23 Å². The van der Waals surface area contributed by atoms with Crippen LogP contribution in [0.4, 0.5) is 17.6 Å². The summed E-state index contributed by atoms with van der Waals surface area (Å²) in [5, 5.41) is 0. The molecule has 1 rings (SSSR count). The number of hydrogen-bond donors (Lipinski definition) is 0. The van der Waals surface area contributed by atoms with Gasteiger partial charge in [0, 0.05) is 7.11 Å². The van der Waals surface area contributed by atoms with E-state index in [4.69, 9.17) is 4.74 Å². The first-order chi connectivity index (χ1) is 6.86. The molecule has 0 aromatic heterocycles. The maximum Gasteiger partial charge on any atom is 0.419 e. The van der Waals surface area contributed by atoms with E-state index in [-0.39, 0.29) is 0 Å². The normalized spacial score (nSPS) is 14.0. The number of benzene rings is 1. The van der Waals surface area contributed by atoms with E-state index < -0.39 is 23.7 Å². The van der Waals surface area contributed by atoms with Gasteiger partial charge < -0.3 is 4.74 Å². The van der Waals surface area contributed by atoms with Crippen LogP contribution in [0.1, 0.15) is 24.2 Å². The summed E-state index contributed by atoms with van der Waals surface area (Å²) in [6.07, 6.45) is -5.17. The van der Waals surface area contributed by atoms with Crippen molar-refractivity contribution in [3.8, 4) is 0 Å². The molecule has 0 saturated carbocycles. The lowest BCUT2D eigenvalue weighted by Crippen LogP contribution is -2.09. The van der Waals surface area contributed by atoms with Gasteiger partial charge in [-0.3, -0.25) is 0 Å². The third-order valence-corrected chi connectivity index (χ3v) is 2.12. The van der Waals surface area contributed by atoms with Crippen molar-refractivity contribution in [3.63, 3.8) is 0 Å². The Balaban J connectivity index is 3.17. The van der Waals surface area contributed by atoms with Gasteiger partial charge in [-0.15, -0.1) is 0 Å². The molecule has 0 aliphatic rings. The van der Waals surface area contributed by atoms with E-state index in [9.17, 15) is 17.6 Å². The standard InChI is InChI=1S/C10H10F4O/c1-6(15-2)7-3-4-9(11)8(5-7)10(12,13)14/h3-6H,1-2H3. The molecule has 0 heterocycles. The molecule has 1 atom stereocenters. The van der Waals surface area contributed by atoms with Gasteiger partial charge in [-0.25, -0.2) is 4.39 Å². The third-order valence-electron chi connectivity index (χ3n) is 2.12. The molecule has 0 spiro atoms. The second-order valence-corrected chi connectivity index (χ2v) is 3.11. The van der Waals surface area contributed by atoms with E-state index >= 15 is 0 Å². The minimum atomic E-state index is -4.67. The van der Waals surface area contributed by atoms with Crippen LogP contribution in [0, 0.1) is 5.82 Å². The minimum Gasteiger partial charge on any atom is -0.377 e. The fourth-order valence-corrected chi connectivity index (χ4v) is 1.15. The summed E-state index contributed by atoms with van der Waals surface area (Å²) in [6.45, 7) is 1.59. The number of ether oxygens (including phenoxy) is 1. The number of methoxy groups -OCH3 is 1. The van der Waals surface area contributed by atoms with Crippen molar-refractivity contribution >= 4 is 0 Å². The van der Waals surface area contributed by atoms with Crippen LogP contribution in [0.25, 0.3) is 0 Å². The Labute approximate surface area is 84.7 Å². The molecule has 0 amide bonds. The summed E-state index contributed by atoms with van der Waals surface area (Å²) in [5.74, 6) is -1.27. The Kier molecular flexibility index (Phi) is 3.34. The van der Waals surface area contributed by atoms with Crippen LogP contribution in [-0.4, -0.2) is 7.11 Å². The molecular formula is C10H10F4O. The predicted octanol–water partition coefficient (Wildman–Crippen LogP) is 3.55. The Morgan fingerprint density at radius 1 is 1.27 bits per heavy atom. The number of hydrogen-bond acceptors (Lipinski definition) is 1. The van der Waals surface area contributed by atoms with Crippen LogP contribution in [0.5, 0.6) is 0 Å². The monoisotopic (exact) mass is 222 g/mol. The van der Waals surface area contributed by atoms with Crippen LogP contribution in [0.3, 0.4) is 0 Å². The molecule has 1 nitrogen and oxygen atoms in total. The molecule has 0 radical (unpaired) electrons. The van der Waals surface area contributed by atoms with E-state index in [0.717, 1.165) is 12.1 Å². The smallest absolute Gasteiger partial charge is 0.377 e. The molecular weight excluding hydrogens is 212 g/mol. The van der Waals surface area contributed by atoms with Crippen molar-refractivity contribution in [1.29, 1.82) is 0 Å². The molecule has 1 aromatic rings. The van der Waals surface area contributed by atoms with Gasteiger partial charge in [-0.2, -0.15) is 13.2 Å². The fourth-order valence-electron chi connectivity index (χ4n) is 1.15. The first kappa shape index (κ1) is 12.0. The molecule has 1 unspecified atom stereocenters. The Hall–Kier alpha value is -1.10. The molecule has 84 valence electrons. The van der Waals surface area contributed by atoms with Gasteiger partial charge in [-0.05, 0) is 24.6 Å². The van der Waals surface area contributed by atoms with E-state index in [1.165, 1.54) is 13.2 Å². The molecule has 0 saturated heterocycles. The quantitative estimate of drug-likeness (QED) is 0.695. The van der Waals surface area contributed by atoms with E-state index in [2.05, 4.69) is 0 Å². The van der Waals surface area contributed by atoms with Crippen LogP contribution < -0.4 is 0 Å². The molecule has 5 heteroatoms. The Morgan fingerprint density at radius 3 is 2.33 bits per heavy atom. The largest absolute Gasteiger partial charge is 0.419 e. The van der Waals surface area contributed by atoms with E-state index in [1.807, 2.05) is 0 Å². The lowest BCUT2D eigenvalue weighted by atomic mass is 10.1. The van der Waals surface area contributed by atoms with Crippen LogP contribution >= 0.6 is 0 Å². The van der Waals surface area contributed by atoms with Gasteiger partial charge in [-0.1, -0.05) is 6.07 Å². The molecule has 0 bridgehead atoms. The first-order valence-electron chi connectivity index (χ1n) is 4.25. The fraction of sp³-hybridized carbons (Fsp3) is 0.400. The highest BCUT2D eigenvalue weighted by atomic mass is 19.4. The summed E-state index contributed by atoms with van der Waals surface area (Å²) in [7, 11) is 1.38. The number of rotatable bonds is 2. The van der Waals surface area contributed by atoms with Gasteiger partial charge >= 0.3 is 6.18 Å². The van der Waals surface area contributed by atoms with Gasteiger partial charge in [0.1, 0.15) is 5.82 Å². The summed E-state index contributed by atoms with van der Waals surface area (Å²) >= 11 is 0. The maximum absolute atomic E-state index is 12.9. The summed E-state index contributed by atoms with van der Waals surface area (Å²) in [6, 6.07) is 2.84. The van der Waals surface area contributed by atoms with Crippen molar-refractivity contribution in [3.05, 3.63) is 35.1 Å². The molecule has 0 fully saturated rings. The molecule has 0 aliphatic heterocycles. The lowest BCUT2D eigenvalue weighted by Gasteiger charge is -2.13. The van der Waals surface area contributed by atoms with Crippen LogP contribution in [0.2, 0.25) is 0 Å². The zero-order valence-corrected chi connectivity index (χ0v) is 8.23. The Morgan fingerprint density at radius 2 is 1.87 bits per heavy atom. The summed E-state index contributed by atoms with van der Waals surface area (Å²) < 4.78 is 54.7. The van der Waals surface area contributed by atoms with Crippen molar-refractivity contribution in [2.24, 2.45) is 0 Å². The van der Waals surface area contributed by atoms with Gasteiger partial charge in [0.15, 0.2) is 0 Å². The molecule has 0 aliphatic carbocycles. The Bertz CT molecular complexity index is 346. The van der Waals surface area contributed by atoms with Crippen molar-refractivity contribution in [1.82, 2.24) is 0 Å². The third kappa shape index (κ3) is 2.68. The molecule has 1 aromatic carbocycles. The summed E-state index contributed by atoms with van der Waals surface area (Å²) in [5.41, 5.74) is -0.963. The van der Waals surface area contributed by atoms with Crippen molar-refractivity contribution in [2.45, 2.75) is 19.2 Å². The highest BCUT2D eigenvalue weighted by Crippen LogP contribution is 2.33.